The summed E-state index contributed by atoms with van der Waals surface area (Å²) < 4.78 is 17.8. The number of hydrogen-bond donors (Lipinski definition) is 1. The average molecular weight is 321 g/mol. The highest BCUT2D eigenvalue weighted by Gasteiger charge is 2.14. The van der Waals surface area contributed by atoms with E-state index in [1.807, 2.05) is 13.0 Å². The Morgan fingerprint density at radius 3 is 2.50 bits per heavy atom. The number of hydrogen-bond acceptors (Lipinski definition) is 4. The van der Waals surface area contributed by atoms with Gasteiger partial charge in [0.2, 0.25) is 0 Å². The molecule has 0 radical (unpaired) electrons. The zero-order chi connectivity index (χ0) is 16.1. The Hall–Kier alpha value is -2.21. The average Bonchev–Trinajstić information content (AvgIpc) is 2.92. The first-order valence-corrected chi connectivity index (χ1v) is 7.56. The monoisotopic (exact) mass is 321 g/mol. The number of rotatable bonds is 5. The van der Waals surface area contributed by atoms with Gasteiger partial charge in [-0.25, -0.2) is 9.18 Å². The Kier molecular flexibility index (Phi) is 5.27. The first-order chi connectivity index (χ1) is 10.5. The summed E-state index contributed by atoms with van der Waals surface area (Å²) in [6.07, 6.45) is 0. The lowest BCUT2D eigenvalue weighted by Crippen LogP contribution is -2.31. The van der Waals surface area contributed by atoms with Crippen LogP contribution in [0.15, 0.2) is 36.4 Å². The summed E-state index contributed by atoms with van der Waals surface area (Å²) in [4.78, 5) is 25.0. The van der Waals surface area contributed by atoms with E-state index in [1.165, 1.54) is 23.5 Å². The molecule has 22 heavy (non-hydrogen) atoms. The van der Waals surface area contributed by atoms with Crippen LogP contribution in [-0.2, 0) is 9.53 Å². The number of carbonyl (C=O) groups excluding carboxylic acids is 2. The number of aryl methyl sites for hydroxylation is 1. The summed E-state index contributed by atoms with van der Waals surface area (Å²) in [6, 6.07) is 9.05. The van der Waals surface area contributed by atoms with Crippen LogP contribution in [-0.4, -0.2) is 18.5 Å². The maximum absolute atomic E-state index is 12.8. The van der Waals surface area contributed by atoms with E-state index >= 15 is 0 Å². The second-order valence-electron chi connectivity index (χ2n) is 4.83. The fraction of sp³-hybridized carbons (Fsp3) is 0.250. The van der Waals surface area contributed by atoms with Gasteiger partial charge in [-0.05, 0) is 43.7 Å². The highest BCUT2D eigenvalue weighted by Crippen LogP contribution is 2.16. The minimum absolute atomic E-state index is 0.296. The van der Waals surface area contributed by atoms with E-state index in [0.717, 1.165) is 10.4 Å². The van der Waals surface area contributed by atoms with Crippen LogP contribution in [0.3, 0.4) is 0 Å². The lowest BCUT2D eigenvalue weighted by atomic mass is 10.1. The predicted octanol–water partition coefficient (Wildman–Crippen LogP) is 3.23. The van der Waals surface area contributed by atoms with Crippen LogP contribution < -0.4 is 5.32 Å². The summed E-state index contributed by atoms with van der Waals surface area (Å²) in [5, 5.41) is 2.69. The smallest absolute Gasteiger partial charge is 0.348 e. The molecule has 1 atom stereocenters. The summed E-state index contributed by atoms with van der Waals surface area (Å²) in [6.45, 7) is 3.31. The molecule has 0 saturated carbocycles. The van der Waals surface area contributed by atoms with Crippen molar-refractivity contribution in [2.75, 3.05) is 6.61 Å². The number of carbonyl (C=O) groups is 2. The number of halogens is 1. The van der Waals surface area contributed by atoms with Crippen LogP contribution in [0.25, 0.3) is 0 Å². The first kappa shape index (κ1) is 16.2. The van der Waals surface area contributed by atoms with Gasteiger partial charge in [0.05, 0.1) is 6.04 Å². The number of amides is 1. The van der Waals surface area contributed by atoms with Crippen molar-refractivity contribution < 1.29 is 18.7 Å². The Bertz CT molecular complexity index is 666. The van der Waals surface area contributed by atoms with Crippen molar-refractivity contribution >= 4 is 23.2 Å². The Labute approximate surface area is 131 Å². The molecule has 6 heteroatoms. The summed E-state index contributed by atoms with van der Waals surface area (Å²) in [5.41, 5.74) is 0.773. The fourth-order valence-corrected chi connectivity index (χ4v) is 2.63. The zero-order valence-corrected chi connectivity index (χ0v) is 13.1. The van der Waals surface area contributed by atoms with Crippen LogP contribution in [0.4, 0.5) is 4.39 Å². The lowest BCUT2D eigenvalue weighted by molar-refractivity contribution is -0.124. The van der Waals surface area contributed by atoms with Gasteiger partial charge < -0.3 is 10.1 Å². The Morgan fingerprint density at radius 2 is 1.91 bits per heavy atom. The molecule has 1 heterocycles. The van der Waals surface area contributed by atoms with E-state index < -0.39 is 11.9 Å². The van der Waals surface area contributed by atoms with Crippen LogP contribution in [0.2, 0.25) is 0 Å². The van der Waals surface area contributed by atoms with E-state index in [2.05, 4.69) is 5.32 Å². The minimum Gasteiger partial charge on any atom is -0.451 e. The topological polar surface area (TPSA) is 55.4 Å². The number of ether oxygens (including phenoxy) is 1. The minimum atomic E-state index is -0.511. The lowest BCUT2D eigenvalue weighted by Gasteiger charge is -2.14. The number of esters is 1. The molecule has 1 amide bonds. The fourth-order valence-electron chi connectivity index (χ4n) is 1.86. The molecule has 0 spiro atoms. The highest BCUT2D eigenvalue weighted by molar-refractivity contribution is 7.13. The number of nitrogens with one attached hydrogen (secondary N) is 1. The molecule has 116 valence electrons. The largest absolute Gasteiger partial charge is 0.451 e. The third-order valence-electron chi connectivity index (χ3n) is 3.02. The van der Waals surface area contributed by atoms with Gasteiger partial charge in [-0.15, -0.1) is 11.3 Å². The third kappa shape index (κ3) is 4.39. The molecule has 0 saturated heterocycles. The molecule has 0 aliphatic rings. The second kappa shape index (κ2) is 7.17. The molecular weight excluding hydrogens is 305 g/mol. The van der Waals surface area contributed by atoms with Crippen molar-refractivity contribution in [1.82, 2.24) is 5.32 Å². The molecule has 0 bridgehead atoms. The van der Waals surface area contributed by atoms with E-state index in [9.17, 15) is 14.0 Å². The Morgan fingerprint density at radius 1 is 1.23 bits per heavy atom. The normalized spacial score (nSPS) is 11.8. The highest BCUT2D eigenvalue weighted by atomic mass is 32.1. The van der Waals surface area contributed by atoms with Gasteiger partial charge in [-0.2, -0.15) is 0 Å². The van der Waals surface area contributed by atoms with E-state index in [4.69, 9.17) is 4.74 Å². The molecule has 0 aliphatic heterocycles. The number of benzene rings is 1. The van der Waals surface area contributed by atoms with Crippen molar-refractivity contribution in [3.63, 3.8) is 0 Å². The molecule has 4 nitrogen and oxygen atoms in total. The number of thiophene rings is 1. The standard InChI is InChI=1S/C16H16FNO3S/c1-10-3-8-14(22-10)16(20)21-9-15(19)18-11(2)12-4-6-13(17)7-5-12/h3-8,11H,9H2,1-2H3,(H,18,19). The van der Waals surface area contributed by atoms with E-state index in [-0.39, 0.29) is 18.5 Å². The van der Waals surface area contributed by atoms with Gasteiger partial charge in [0.1, 0.15) is 10.7 Å². The third-order valence-corrected chi connectivity index (χ3v) is 4.00. The molecule has 1 aromatic carbocycles. The quantitative estimate of drug-likeness (QED) is 0.860. The van der Waals surface area contributed by atoms with E-state index in [0.29, 0.717) is 4.88 Å². The molecule has 1 aromatic heterocycles. The van der Waals surface area contributed by atoms with Crippen molar-refractivity contribution in [2.24, 2.45) is 0 Å². The molecule has 1 unspecified atom stereocenters. The second-order valence-corrected chi connectivity index (χ2v) is 6.12. The van der Waals surface area contributed by atoms with Crippen molar-refractivity contribution in [3.05, 3.63) is 57.5 Å². The molecule has 2 aromatic rings. The van der Waals surface area contributed by atoms with Gasteiger partial charge >= 0.3 is 5.97 Å². The summed E-state index contributed by atoms with van der Waals surface area (Å²) in [5.74, 6) is -1.25. The molecule has 0 aliphatic carbocycles. The van der Waals surface area contributed by atoms with Crippen LogP contribution >= 0.6 is 11.3 Å². The van der Waals surface area contributed by atoms with Crippen LogP contribution in [0.5, 0.6) is 0 Å². The zero-order valence-electron chi connectivity index (χ0n) is 12.3. The molecule has 2 rings (SSSR count). The summed E-state index contributed by atoms with van der Waals surface area (Å²) in [7, 11) is 0. The molecule has 1 N–H and O–H groups in total. The summed E-state index contributed by atoms with van der Waals surface area (Å²) >= 11 is 1.32. The van der Waals surface area contributed by atoms with E-state index in [1.54, 1.807) is 25.1 Å². The van der Waals surface area contributed by atoms with Crippen LogP contribution in [0, 0.1) is 12.7 Å². The SMILES string of the molecule is Cc1ccc(C(=O)OCC(=O)NC(C)c2ccc(F)cc2)s1. The maximum atomic E-state index is 12.8. The predicted molar refractivity (Wildman–Crippen MR) is 82.3 cm³/mol. The van der Waals surface area contributed by atoms with Crippen molar-refractivity contribution in [3.8, 4) is 0 Å². The Balaban J connectivity index is 1.82. The van der Waals surface area contributed by atoms with Gasteiger partial charge in [-0.1, -0.05) is 12.1 Å². The van der Waals surface area contributed by atoms with Crippen LogP contribution in [0.1, 0.15) is 33.1 Å². The van der Waals surface area contributed by atoms with Gasteiger partial charge in [0.25, 0.3) is 5.91 Å². The van der Waals surface area contributed by atoms with Crippen molar-refractivity contribution in [1.29, 1.82) is 0 Å². The van der Waals surface area contributed by atoms with Gasteiger partial charge in [0.15, 0.2) is 6.61 Å². The van der Waals surface area contributed by atoms with Gasteiger partial charge in [0, 0.05) is 4.88 Å². The van der Waals surface area contributed by atoms with Gasteiger partial charge in [-0.3, -0.25) is 4.79 Å². The first-order valence-electron chi connectivity index (χ1n) is 6.74. The molecule has 0 fully saturated rings. The van der Waals surface area contributed by atoms with Crippen molar-refractivity contribution in [2.45, 2.75) is 19.9 Å². The molecular formula is C16H16FNO3S. The maximum Gasteiger partial charge on any atom is 0.348 e.